The smallest absolute Gasteiger partial charge is 0.191 e. The lowest BCUT2D eigenvalue weighted by molar-refractivity contribution is -0.309. The Balaban J connectivity index is 2.10. The van der Waals surface area contributed by atoms with E-state index in [1.165, 1.54) is 11.8 Å². The molecule has 0 radical (unpaired) electrons. The number of hydrogen-bond acceptors (Lipinski definition) is 6. The van der Waals surface area contributed by atoms with E-state index < -0.39 is 5.92 Å². The second-order valence-corrected chi connectivity index (χ2v) is 5.52. The fourth-order valence-corrected chi connectivity index (χ4v) is 2.62. The average molecular weight is 315 g/mol. The van der Waals surface area contributed by atoms with Gasteiger partial charge in [0.15, 0.2) is 22.7 Å². The Labute approximate surface area is 131 Å². The fourth-order valence-electron chi connectivity index (χ4n) is 1.80. The topological polar surface area (TPSA) is 112 Å². The second-order valence-electron chi connectivity index (χ2n) is 4.58. The number of carbonyl (C=O) groups is 1. The van der Waals surface area contributed by atoms with Crippen LogP contribution in [0.25, 0.3) is 11.4 Å². The highest BCUT2D eigenvalue weighted by Crippen LogP contribution is 2.22. The van der Waals surface area contributed by atoms with Crippen LogP contribution in [0.3, 0.4) is 0 Å². The predicted octanol–water partition coefficient (Wildman–Crippen LogP) is 0.434. The molecule has 7 nitrogen and oxygen atoms in total. The zero-order valence-corrected chi connectivity index (χ0v) is 12.9. The highest BCUT2D eigenvalue weighted by Gasteiger charge is 2.23. The molecule has 0 saturated heterocycles. The van der Waals surface area contributed by atoms with Crippen molar-refractivity contribution in [2.45, 2.75) is 5.16 Å². The highest BCUT2D eigenvalue weighted by atomic mass is 32.2. The van der Waals surface area contributed by atoms with Gasteiger partial charge in [0.1, 0.15) is 5.70 Å². The molecule has 2 heterocycles. The van der Waals surface area contributed by atoms with Gasteiger partial charge in [-0.25, -0.2) is 0 Å². The summed E-state index contributed by atoms with van der Waals surface area (Å²) in [7, 11) is 1.82. The van der Waals surface area contributed by atoms with Crippen molar-refractivity contribution >= 4 is 17.5 Å². The van der Waals surface area contributed by atoms with Gasteiger partial charge in [0.25, 0.3) is 0 Å². The van der Waals surface area contributed by atoms with Gasteiger partial charge in [-0.3, -0.25) is 9.78 Å². The maximum Gasteiger partial charge on any atom is 0.191 e. The van der Waals surface area contributed by atoms with Crippen LogP contribution in [0.1, 0.15) is 0 Å². The van der Waals surface area contributed by atoms with E-state index in [1.807, 2.05) is 25.2 Å². The SMILES string of the molecule is C=C([NH3+])[C@@H](C#N)C(=O)CSc1nnc(-c2ccncc2)n1C. The summed E-state index contributed by atoms with van der Waals surface area (Å²) in [5, 5.41) is 17.8. The Morgan fingerprint density at radius 3 is 2.77 bits per heavy atom. The number of thioether (sulfide) groups is 1. The normalized spacial score (nSPS) is 11.7. The maximum atomic E-state index is 12.0. The minimum atomic E-state index is -0.875. The molecule has 0 amide bonds. The van der Waals surface area contributed by atoms with Crippen molar-refractivity contribution in [3.8, 4) is 17.5 Å². The van der Waals surface area contributed by atoms with Gasteiger partial charge < -0.3 is 10.3 Å². The number of allylic oxidation sites excluding steroid dienone is 1. The molecule has 8 heteroatoms. The third-order valence-corrected chi connectivity index (χ3v) is 4.02. The van der Waals surface area contributed by atoms with Crippen LogP contribution in [0.15, 0.2) is 42.0 Å². The third-order valence-electron chi connectivity index (χ3n) is 2.98. The molecule has 0 fully saturated rings. The Hall–Kier alpha value is -2.50. The summed E-state index contributed by atoms with van der Waals surface area (Å²) in [5.41, 5.74) is 4.76. The number of pyridine rings is 1. The maximum absolute atomic E-state index is 12.0. The molecule has 0 aliphatic carbocycles. The Morgan fingerprint density at radius 1 is 1.50 bits per heavy atom. The van der Waals surface area contributed by atoms with Gasteiger partial charge in [0.05, 0.1) is 11.8 Å². The standard InChI is InChI=1S/C14H14N6OS/c1-9(16)11(7-15)12(21)8-22-14-19-18-13(20(14)2)10-3-5-17-6-4-10/h3-6,11H,1,8,16H2,2H3/p+1/t11-/m1/s1. The molecule has 0 unspecified atom stereocenters. The van der Waals surface area contributed by atoms with E-state index in [1.54, 1.807) is 17.0 Å². The molecular weight excluding hydrogens is 300 g/mol. The van der Waals surface area contributed by atoms with E-state index in [-0.39, 0.29) is 11.5 Å². The molecule has 0 bridgehead atoms. The van der Waals surface area contributed by atoms with E-state index in [2.05, 4.69) is 27.5 Å². The molecule has 2 aromatic heterocycles. The minimum Gasteiger partial charge on any atom is -0.328 e. The van der Waals surface area contributed by atoms with Crippen molar-refractivity contribution in [2.75, 3.05) is 5.75 Å². The van der Waals surface area contributed by atoms with Gasteiger partial charge in [-0.1, -0.05) is 11.8 Å². The van der Waals surface area contributed by atoms with Gasteiger partial charge in [-0.2, -0.15) is 5.26 Å². The Kier molecular flexibility index (Phi) is 5.04. The molecule has 0 aromatic carbocycles. The van der Waals surface area contributed by atoms with Crippen LogP contribution >= 0.6 is 11.8 Å². The largest absolute Gasteiger partial charge is 0.328 e. The highest BCUT2D eigenvalue weighted by molar-refractivity contribution is 7.99. The number of nitrogens with zero attached hydrogens (tertiary/aromatic N) is 5. The molecule has 2 aromatic rings. The van der Waals surface area contributed by atoms with Crippen LogP contribution in [0.4, 0.5) is 0 Å². The summed E-state index contributed by atoms with van der Waals surface area (Å²) in [6, 6.07) is 5.58. The molecule has 2 rings (SSSR count). The quantitative estimate of drug-likeness (QED) is 0.774. The van der Waals surface area contributed by atoms with E-state index in [0.29, 0.717) is 16.7 Å². The fraction of sp³-hybridized carbons (Fsp3) is 0.214. The van der Waals surface area contributed by atoms with Crippen LogP contribution in [0.2, 0.25) is 0 Å². The van der Waals surface area contributed by atoms with Gasteiger partial charge in [0.2, 0.25) is 0 Å². The summed E-state index contributed by atoms with van der Waals surface area (Å²) in [6.07, 6.45) is 3.36. The van der Waals surface area contributed by atoms with Gasteiger partial charge >= 0.3 is 0 Å². The molecule has 0 aliphatic heterocycles. The summed E-state index contributed by atoms with van der Waals surface area (Å²) >= 11 is 1.24. The lowest BCUT2D eigenvalue weighted by Gasteiger charge is -2.05. The first-order chi connectivity index (χ1) is 10.5. The molecule has 112 valence electrons. The van der Waals surface area contributed by atoms with Crippen molar-refractivity contribution in [3.63, 3.8) is 0 Å². The second kappa shape index (κ2) is 6.98. The first kappa shape index (κ1) is 15.9. The van der Waals surface area contributed by atoms with Crippen molar-refractivity contribution in [2.24, 2.45) is 13.0 Å². The minimum absolute atomic E-state index is 0.120. The van der Waals surface area contributed by atoms with Crippen LogP contribution in [0, 0.1) is 17.2 Å². The molecule has 0 aliphatic rings. The summed E-state index contributed by atoms with van der Waals surface area (Å²) in [4.78, 5) is 15.9. The van der Waals surface area contributed by atoms with Crippen molar-refractivity contribution in [1.29, 1.82) is 5.26 Å². The number of ketones is 1. The molecule has 1 atom stereocenters. The van der Waals surface area contributed by atoms with E-state index >= 15 is 0 Å². The van der Waals surface area contributed by atoms with E-state index in [0.717, 1.165) is 5.56 Å². The number of carbonyl (C=O) groups excluding carboxylic acids is 1. The van der Waals surface area contributed by atoms with Crippen LogP contribution in [-0.2, 0) is 11.8 Å². The third kappa shape index (κ3) is 3.39. The summed E-state index contributed by atoms with van der Waals surface area (Å²) < 4.78 is 1.80. The molecule has 0 saturated carbocycles. The van der Waals surface area contributed by atoms with Crippen molar-refractivity contribution < 1.29 is 10.5 Å². The summed E-state index contributed by atoms with van der Waals surface area (Å²) in [5.74, 6) is -0.299. The van der Waals surface area contributed by atoms with Gasteiger partial charge in [-0.05, 0) is 18.7 Å². The average Bonchev–Trinajstić information content (AvgIpc) is 2.87. The molecule has 22 heavy (non-hydrogen) atoms. The number of nitriles is 1. The number of quaternary nitrogens is 1. The molecule has 0 spiro atoms. The van der Waals surface area contributed by atoms with Crippen LogP contribution in [0.5, 0.6) is 0 Å². The van der Waals surface area contributed by atoms with Crippen molar-refractivity contribution in [3.05, 3.63) is 36.8 Å². The number of rotatable bonds is 6. The summed E-state index contributed by atoms with van der Waals surface area (Å²) in [6.45, 7) is 3.56. The zero-order chi connectivity index (χ0) is 16.1. The van der Waals surface area contributed by atoms with Gasteiger partial charge in [0, 0.05) is 25.0 Å². The number of hydrogen-bond donors (Lipinski definition) is 1. The predicted molar refractivity (Wildman–Crippen MR) is 81.1 cm³/mol. The first-order valence-electron chi connectivity index (χ1n) is 6.40. The number of aromatic nitrogens is 4. The Bertz CT molecular complexity index is 734. The van der Waals surface area contributed by atoms with Crippen LogP contribution < -0.4 is 5.73 Å². The monoisotopic (exact) mass is 315 g/mol. The van der Waals surface area contributed by atoms with Crippen molar-refractivity contribution in [1.82, 2.24) is 19.7 Å². The van der Waals surface area contributed by atoms with Crippen LogP contribution in [-0.4, -0.2) is 31.3 Å². The lowest BCUT2D eigenvalue weighted by Crippen LogP contribution is -2.51. The number of Topliss-reactive ketones (excluding diaryl/α,β-unsaturated/α-hetero) is 1. The van der Waals surface area contributed by atoms with E-state index in [9.17, 15) is 4.79 Å². The lowest BCUT2D eigenvalue weighted by atomic mass is 10.1. The van der Waals surface area contributed by atoms with Gasteiger partial charge in [-0.15, -0.1) is 10.2 Å². The van der Waals surface area contributed by atoms with E-state index in [4.69, 9.17) is 5.26 Å². The zero-order valence-electron chi connectivity index (χ0n) is 12.1. The molecule has 3 N–H and O–H groups in total. The molecular formula is C14H15N6OS+. The first-order valence-corrected chi connectivity index (χ1v) is 7.38. The Morgan fingerprint density at radius 2 is 2.18 bits per heavy atom.